The van der Waals surface area contributed by atoms with Gasteiger partial charge in [-0.05, 0) is 37.1 Å². The Hall–Kier alpha value is -1.54. The maximum atomic E-state index is 5.84. The largest absolute Gasteiger partial charge is 0.340 e. The molecule has 3 heteroatoms. The molecule has 0 bridgehead atoms. The van der Waals surface area contributed by atoms with E-state index in [1.807, 2.05) is 18.2 Å². The summed E-state index contributed by atoms with van der Waals surface area (Å²) < 4.78 is 0. The van der Waals surface area contributed by atoms with E-state index in [1.165, 1.54) is 11.1 Å². The normalized spacial score (nSPS) is 10.2. The summed E-state index contributed by atoms with van der Waals surface area (Å²) in [6, 6.07) is 11.7. The molecule has 16 heavy (non-hydrogen) atoms. The van der Waals surface area contributed by atoms with Crippen molar-refractivity contribution in [3.05, 3.63) is 52.7 Å². The van der Waals surface area contributed by atoms with Gasteiger partial charge in [-0.1, -0.05) is 35.9 Å². The van der Waals surface area contributed by atoms with Gasteiger partial charge >= 0.3 is 0 Å². The maximum Gasteiger partial charge on any atom is 0.132 e. The predicted molar refractivity (Wildman–Crippen MR) is 68.4 cm³/mol. The lowest BCUT2D eigenvalue weighted by molar-refractivity contribution is 1.28. The highest BCUT2D eigenvalue weighted by Crippen LogP contribution is 2.23. The molecule has 2 rings (SSSR count). The minimum absolute atomic E-state index is 0.497. The summed E-state index contributed by atoms with van der Waals surface area (Å²) in [5.41, 5.74) is 3.49. The zero-order valence-electron chi connectivity index (χ0n) is 9.29. The molecule has 0 saturated heterocycles. The molecule has 0 amide bonds. The standard InChI is InChI=1S/C13H13ClN2/c1-9-5-3-6-10(2)13(9)16-12-8-4-7-11(14)15-12/h3-8H,1-2H3,(H,15,16). The maximum absolute atomic E-state index is 5.84. The van der Waals surface area contributed by atoms with Crippen LogP contribution in [0, 0.1) is 13.8 Å². The number of rotatable bonds is 2. The summed E-state index contributed by atoms with van der Waals surface area (Å²) in [5.74, 6) is 0.768. The van der Waals surface area contributed by atoms with Crippen LogP contribution in [-0.2, 0) is 0 Å². The number of hydrogen-bond donors (Lipinski definition) is 1. The summed E-state index contributed by atoms with van der Waals surface area (Å²) in [7, 11) is 0. The third-order valence-electron chi connectivity index (χ3n) is 2.45. The van der Waals surface area contributed by atoms with Gasteiger partial charge in [-0.15, -0.1) is 0 Å². The number of aromatic nitrogens is 1. The molecular formula is C13H13ClN2. The smallest absolute Gasteiger partial charge is 0.132 e. The number of hydrogen-bond acceptors (Lipinski definition) is 2. The van der Waals surface area contributed by atoms with Gasteiger partial charge in [0, 0.05) is 5.69 Å². The van der Waals surface area contributed by atoms with E-state index in [-0.39, 0.29) is 0 Å². The van der Waals surface area contributed by atoms with Crippen LogP contribution in [-0.4, -0.2) is 4.98 Å². The van der Waals surface area contributed by atoms with E-state index in [9.17, 15) is 0 Å². The van der Waals surface area contributed by atoms with Crippen molar-refractivity contribution in [1.82, 2.24) is 4.98 Å². The third kappa shape index (κ3) is 2.34. The van der Waals surface area contributed by atoms with E-state index >= 15 is 0 Å². The lowest BCUT2D eigenvalue weighted by Crippen LogP contribution is -1.97. The van der Waals surface area contributed by atoms with Crippen molar-refractivity contribution in [2.45, 2.75) is 13.8 Å². The summed E-state index contributed by atoms with van der Waals surface area (Å²) >= 11 is 5.84. The Morgan fingerprint density at radius 3 is 2.25 bits per heavy atom. The molecule has 2 aromatic rings. The van der Waals surface area contributed by atoms with E-state index in [1.54, 1.807) is 6.07 Å². The fraction of sp³-hybridized carbons (Fsp3) is 0.154. The van der Waals surface area contributed by atoms with Crippen LogP contribution in [0.2, 0.25) is 5.15 Å². The van der Waals surface area contributed by atoms with Gasteiger partial charge in [0.15, 0.2) is 0 Å². The summed E-state index contributed by atoms with van der Waals surface area (Å²) in [4.78, 5) is 4.21. The zero-order chi connectivity index (χ0) is 11.5. The van der Waals surface area contributed by atoms with Crippen molar-refractivity contribution in [2.24, 2.45) is 0 Å². The van der Waals surface area contributed by atoms with Crippen LogP contribution in [0.4, 0.5) is 11.5 Å². The molecule has 2 nitrogen and oxygen atoms in total. The summed E-state index contributed by atoms with van der Waals surface area (Å²) in [6.07, 6.45) is 0. The third-order valence-corrected chi connectivity index (χ3v) is 2.66. The molecule has 0 aliphatic rings. The molecular weight excluding hydrogens is 220 g/mol. The molecule has 0 unspecified atom stereocenters. The Morgan fingerprint density at radius 1 is 1.00 bits per heavy atom. The van der Waals surface area contributed by atoms with Gasteiger partial charge in [0.1, 0.15) is 11.0 Å². The van der Waals surface area contributed by atoms with E-state index < -0.39 is 0 Å². The first-order valence-electron chi connectivity index (χ1n) is 5.12. The van der Waals surface area contributed by atoms with E-state index in [0.717, 1.165) is 11.5 Å². The molecule has 0 aliphatic heterocycles. The second-order valence-corrected chi connectivity index (χ2v) is 4.12. The van der Waals surface area contributed by atoms with Crippen molar-refractivity contribution < 1.29 is 0 Å². The van der Waals surface area contributed by atoms with Gasteiger partial charge in [0.25, 0.3) is 0 Å². The Morgan fingerprint density at radius 2 is 1.62 bits per heavy atom. The summed E-state index contributed by atoms with van der Waals surface area (Å²) in [6.45, 7) is 4.14. The molecule has 0 fully saturated rings. The summed E-state index contributed by atoms with van der Waals surface area (Å²) in [5, 5.41) is 3.78. The number of halogens is 1. The average molecular weight is 233 g/mol. The molecule has 1 heterocycles. The molecule has 1 aromatic carbocycles. The van der Waals surface area contributed by atoms with Crippen molar-refractivity contribution >= 4 is 23.1 Å². The van der Waals surface area contributed by atoms with Crippen LogP contribution in [0.1, 0.15) is 11.1 Å². The van der Waals surface area contributed by atoms with Gasteiger partial charge in [-0.25, -0.2) is 4.98 Å². The number of anilines is 2. The van der Waals surface area contributed by atoms with Gasteiger partial charge in [-0.3, -0.25) is 0 Å². The van der Waals surface area contributed by atoms with Crippen molar-refractivity contribution in [1.29, 1.82) is 0 Å². The number of nitrogens with one attached hydrogen (secondary N) is 1. The Bertz CT molecular complexity index is 489. The van der Waals surface area contributed by atoms with Crippen molar-refractivity contribution in [3.63, 3.8) is 0 Å². The number of para-hydroxylation sites is 1. The monoisotopic (exact) mass is 232 g/mol. The minimum atomic E-state index is 0.497. The van der Waals surface area contributed by atoms with Gasteiger partial charge in [-0.2, -0.15) is 0 Å². The lowest BCUT2D eigenvalue weighted by Gasteiger charge is -2.11. The topological polar surface area (TPSA) is 24.9 Å². The van der Waals surface area contributed by atoms with Gasteiger partial charge < -0.3 is 5.32 Å². The van der Waals surface area contributed by atoms with Crippen molar-refractivity contribution in [3.8, 4) is 0 Å². The highest BCUT2D eigenvalue weighted by Gasteiger charge is 2.03. The Labute approximate surface area is 100 Å². The van der Waals surface area contributed by atoms with E-state index in [0.29, 0.717) is 5.15 Å². The average Bonchev–Trinajstić information content (AvgIpc) is 2.24. The highest BCUT2D eigenvalue weighted by molar-refractivity contribution is 6.29. The lowest BCUT2D eigenvalue weighted by atomic mass is 10.1. The molecule has 1 aromatic heterocycles. The number of benzene rings is 1. The van der Waals surface area contributed by atoms with Crippen molar-refractivity contribution in [2.75, 3.05) is 5.32 Å². The molecule has 82 valence electrons. The fourth-order valence-electron chi connectivity index (χ4n) is 1.62. The van der Waals surface area contributed by atoms with Crippen LogP contribution < -0.4 is 5.32 Å². The fourth-order valence-corrected chi connectivity index (χ4v) is 1.78. The molecule has 0 aliphatic carbocycles. The zero-order valence-corrected chi connectivity index (χ0v) is 10.0. The molecule has 0 atom stereocenters. The highest BCUT2D eigenvalue weighted by atomic mass is 35.5. The van der Waals surface area contributed by atoms with Crippen LogP contribution in [0.3, 0.4) is 0 Å². The quantitative estimate of drug-likeness (QED) is 0.789. The van der Waals surface area contributed by atoms with E-state index in [4.69, 9.17) is 11.6 Å². The SMILES string of the molecule is Cc1cccc(C)c1Nc1cccc(Cl)n1. The molecule has 0 radical (unpaired) electrons. The second kappa shape index (κ2) is 4.54. The Kier molecular flexibility index (Phi) is 3.11. The number of pyridine rings is 1. The van der Waals surface area contributed by atoms with Crippen LogP contribution >= 0.6 is 11.6 Å². The molecule has 0 saturated carbocycles. The van der Waals surface area contributed by atoms with Gasteiger partial charge in [0.05, 0.1) is 0 Å². The van der Waals surface area contributed by atoms with Gasteiger partial charge in [0.2, 0.25) is 0 Å². The van der Waals surface area contributed by atoms with E-state index in [2.05, 4.69) is 36.3 Å². The number of nitrogens with zero attached hydrogens (tertiary/aromatic N) is 1. The minimum Gasteiger partial charge on any atom is -0.340 e. The van der Waals surface area contributed by atoms with Crippen LogP contribution in [0.25, 0.3) is 0 Å². The first-order chi connectivity index (χ1) is 7.66. The number of aryl methyl sites for hydroxylation is 2. The first-order valence-corrected chi connectivity index (χ1v) is 5.50. The second-order valence-electron chi connectivity index (χ2n) is 3.74. The predicted octanol–water partition coefficient (Wildman–Crippen LogP) is 4.10. The van der Waals surface area contributed by atoms with Crippen LogP contribution in [0.5, 0.6) is 0 Å². The Balaban J connectivity index is 2.34. The van der Waals surface area contributed by atoms with Crippen LogP contribution in [0.15, 0.2) is 36.4 Å². The molecule has 1 N–H and O–H groups in total. The first kappa shape index (κ1) is 11.0. The molecule has 0 spiro atoms.